The lowest BCUT2D eigenvalue weighted by Gasteiger charge is -2.21. The number of hydrogen-bond acceptors (Lipinski definition) is 4. The fraction of sp³-hybridized carbons (Fsp3) is 0.138. The van der Waals surface area contributed by atoms with Gasteiger partial charge in [-0.15, -0.1) is 0 Å². The van der Waals surface area contributed by atoms with Gasteiger partial charge in [0.05, 0.1) is 0 Å². The van der Waals surface area contributed by atoms with Crippen LogP contribution >= 0.6 is 0 Å². The quantitative estimate of drug-likeness (QED) is 0.299. The van der Waals surface area contributed by atoms with Gasteiger partial charge in [0, 0.05) is 0 Å². The van der Waals surface area contributed by atoms with Gasteiger partial charge >= 0.3 is 5.97 Å². The third-order valence-electron chi connectivity index (χ3n) is 5.28. The zero-order valence-corrected chi connectivity index (χ0v) is 18.9. The molecular weight excluding hydrogens is 428 g/mol. The summed E-state index contributed by atoms with van der Waals surface area (Å²) in [7, 11) is 0. The lowest BCUT2D eigenvalue weighted by atomic mass is 10.1. The molecular formula is C29H26O5. The molecule has 5 heteroatoms. The molecule has 172 valence electrons. The number of ether oxygens (including phenoxy) is 3. The summed E-state index contributed by atoms with van der Waals surface area (Å²) < 4.78 is 18.4. The van der Waals surface area contributed by atoms with Crippen LogP contribution in [0.15, 0.2) is 97.1 Å². The standard InChI is InChI=1S/C29H26O5/c1-21-17-25(29(30)31)27(33-19-23-13-7-3-8-14-23)28(34-20-24-15-9-4-10-16-24)26(21)32-18-22-11-5-2-6-12-22/h2-17H,18-20H2,1H3,(H,30,31). The molecule has 0 unspecified atom stereocenters. The zero-order chi connectivity index (χ0) is 23.8. The van der Waals surface area contributed by atoms with Gasteiger partial charge in [-0.05, 0) is 35.2 Å². The Balaban J connectivity index is 1.72. The molecule has 0 aromatic heterocycles. The molecule has 4 rings (SSSR count). The van der Waals surface area contributed by atoms with Crippen LogP contribution in [0.25, 0.3) is 0 Å². The number of aromatic carboxylic acids is 1. The first kappa shape index (κ1) is 22.9. The van der Waals surface area contributed by atoms with E-state index in [1.165, 1.54) is 0 Å². The smallest absolute Gasteiger partial charge is 0.339 e. The van der Waals surface area contributed by atoms with Gasteiger partial charge in [0.25, 0.3) is 0 Å². The second kappa shape index (κ2) is 11.1. The Morgan fingerprint density at radius 1 is 0.618 bits per heavy atom. The molecule has 5 nitrogen and oxygen atoms in total. The van der Waals surface area contributed by atoms with Crippen molar-refractivity contribution in [2.45, 2.75) is 26.7 Å². The van der Waals surface area contributed by atoms with Gasteiger partial charge in [-0.2, -0.15) is 0 Å². The highest BCUT2D eigenvalue weighted by molar-refractivity contribution is 5.93. The molecule has 0 saturated heterocycles. The van der Waals surface area contributed by atoms with E-state index in [1.54, 1.807) is 6.07 Å². The van der Waals surface area contributed by atoms with Crippen LogP contribution < -0.4 is 14.2 Å². The molecule has 0 aliphatic carbocycles. The monoisotopic (exact) mass is 454 g/mol. The minimum absolute atomic E-state index is 0.0311. The van der Waals surface area contributed by atoms with E-state index in [2.05, 4.69) is 0 Å². The average Bonchev–Trinajstić information content (AvgIpc) is 2.87. The first-order chi connectivity index (χ1) is 16.6. The van der Waals surface area contributed by atoms with Crippen molar-refractivity contribution in [1.82, 2.24) is 0 Å². The summed E-state index contributed by atoms with van der Waals surface area (Å²) >= 11 is 0. The normalized spacial score (nSPS) is 10.5. The summed E-state index contributed by atoms with van der Waals surface area (Å²) in [6.45, 7) is 2.56. The van der Waals surface area contributed by atoms with Crippen molar-refractivity contribution in [3.8, 4) is 17.2 Å². The Morgan fingerprint density at radius 3 is 1.41 bits per heavy atom. The zero-order valence-electron chi connectivity index (χ0n) is 18.9. The van der Waals surface area contributed by atoms with E-state index in [1.807, 2.05) is 97.9 Å². The van der Waals surface area contributed by atoms with E-state index in [9.17, 15) is 9.90 Å². The van der Waals surface area contributed by atoms with E-state index >= 15 is 0 Å². The summed E-state index contributed by atoms with van der Waals surface area (Å²) in [5, 5.41) is 9.92. The average molecular weight is 455 g/mol. The largest absolute Gasteiger partial charge is 0.485 e. The van der Waals surface area contributed by atoms with Crippen molar-refractivity contribution in [1.29, 1.82) is 0 Å². The van der Waals surface area contributed by atoms with Crippen LogP contribution in [0.3, 0.4) is 0 Å². The van der Waals surface area contributed by atoms with Crippen molar-refractivity contribution >= 4 is 5.97 Å². The molecule has 0 aliphatic rings. The van der Waals surface area contributed by atoms with Gasteiger partial charge in [0.15, 0.2) is 11.5 Å². The van der Waals surface area contributed by atoms with Crippen LogP contribution in [-0.2, 0) is 19.8 Å². The van der Waals surface area contributed by atoms with Crippen molar-refractivity contribution in [3.05, 3.63) is 125 Å². The SMILES string of the molecule is Cc1cc(C(=O)O)c(OCc2ccccc2)c(OCc2ccccc2)c1OCc1ccccc1. The van der Waals surface area contributed by atoms with Crippen molar-refractivity contribution in [2.75, 3.05) is 0 Å². The summed E-state index contributed by atoms with van der Waals surface area (Å²) in [6, 6.07) is 30.6. The van der Waals surface area contributed by atoms with Gasteiger partial charge in [0.2, 0.25) is 5.75 Å². The number of benzene rings is 4. The van der Waals surface area contributed by atoms with Crippen LogP contribution in [0.4, 0.5) is 0 Å². The molecule has 4 aromatic rings. The maximum Gasteiger partial charge on any atom is 0.339 e. The van der Waals surface area contributed by atoms with Crippen molar-refractivity contribution in [3.63, 3.8) is 0 Å². The Kier molecular flexibility index (Phi) is 7.45. The van der Waals surface area contributed by atoms with Gasteiger partial charge in [-0.25, -0.2) is 4.79 Å². The minimum atomic E-state index is -1.09. The molecule has 0 spiro atoms. The second-order valence-corrected chi connectivity index (χ2v) is 7.86. The molecule has 0 atom stereocenters. The second-order valence-electron chi connectivity index (χ2n) is 7.86. The third kappa shape index (κ3) is 5.75. The number of carboxylic acid groups (broad SMARTS) is 1. The fourth-order valence-corrected chi connectivity index (χ4v) is 3.55. The number of aryl methyl sites for hydroxylation is 1. The maximum atomic E-state index is 12.1. The van der Waals surface area contributed by atoms with Gasteiger partial charge in [-0.1, -0.05) is 91.0 Å². The molecule has 0 bridgehead atoms. The Bertz CT molecular complexity index is 1220. The van der Waals surface area contributed by atoms with E-state index in [-0.39, 0.29) is 30.3 Å². The van der Waals surface area contributed by atoms with Crippen LogP contribution in [0.1, 0.15) is 32.6 Å². The van der Waals surface area contributed by atoms with E-state index < -0.39 is 5.97 Å². The highest BCUT2D eigenvalue weighted by atomic mass is 16.5. The number of carboxylic acids is 1. The van der Waals surface area contributed by atoms with E-state index in [0.717, 1.165) is 16.7 Å². The molecule has 0 fully saturated rings. The third-order valence-corrected chi connectivity index (χ3v) is 5.28. The van der Waals surface area contributed by atoms with Gasteiger partial charge in [-0.3, -0.25) is 0 Å². The van der Waals surface area contributed by atoms with Crippen molar-refractivity contribution in [2.24, 2.45) is 0 Å². The summed E-state index contributed by atoms with van der Waals surface area (Å²) in [6.07, 6.45) is 0. The molecule has 0 aliphatic heterocycles. The molecule has 1 N–H and O–H groups in total. The Hall–Kier alpha value is -4.25. The van der Waals surface area contributed by atoms with Crippen LogP contribution in [0.5, 0.6) is 17.2 Å². The summed E-state index contributed by atoms with van der Waals surface area (Å²) in [5.41, 5.74) is 3.54. The first-order valence-corrected chi connectivity index (χ1v) is 11.0. The number of carbonyl (C=O) groups is 1. The molecule has 0 saturated carbocycles. The predicted octanol–water partition coefficient (Wildman–Crippen LogP) is 6.43. The van der Waals surface area contributed by atoms with Crippen molar-refractivity contribution < 1.29 is 24.1 Å². The van der Waals surface area contributed by atoms with Gasteiger partial charge in [0.1, 0.15) is 25.4 Å². The Labute approximate surface area is 199 Å². The van der Waals surface area contributed by atoms with Gasteiger partial charge < -0.3 is 19.3 Å². The summed E-state index contributed by atoms with van der Waals surface area (Å²) in [5.74, 6) is -0.188. The molecule has 4 aromatic carbocycles. The summed E-state index contributed by atoms with van der Waals surface area (Å²) in [4.78, 5) is 12.1. The Morgan fingerprint density at radius 2 is 1.00 bits per heavy atom. The minimum Gasteiger partial charge on any atom is -0.485 e. The highest BCUT2D eigenvalue weighted by Gasteiger charge is 2.25. The van der Waals surface area contributed by atoms with Crippen LogP contribution in [0.2, 0.25) is 0 Å². The van der Waals surface area contributed by atoms with Crippen LogP contribution in [-0.4, -0.2) is 11.1 Å². The predicted molar refractivity (Wildman–Crippen MR) is 130 cm³/mol. The first-order valence-electron chi connectivity index (χ1n) is 11.0. The number of rotatable bonds is 10. The van der Waals surface area contributed by atoms with E-state index in [0.29, 0.717) is 17.9 Å². The number of hydrogen-bond donors (Lipinski definition) is 1. The van der Waals surface area contributed by atoms with E-state index in [4.69, 9.17) is 14.2 Å². The fourth-order valence-electron chi connectivity index (χ4n) is 3.55. The molecule has 0 amide bonds. The maximum absolute atomic E-state index is 12.1. The lowest BCUT2D eigenvalue weighted by Crippen LogP contribution is -2.10. The lowest BCUT2D eigenvalue weighted by molar-refractivity contribution is 0.0690. The molecule has 0 radical (unpaired) electrons. The molecule has 0 heterocycles. The topological polar surface area (TPSA) is 65.0 Å². The molecule has 34 heavy (non-hydrogen) atoms. The highest BCUT2D eigenvalue weighted by Crippen LogP contribution is 2.44. The van der Waals surface area contributed by atoms with Crippen LogP contribution in [0, 0.1) is 6.92 Å².